The number of hydrogen-bond acceptors (Lipinski definition) is 4. The van der Waals surface area contributed by atoms with Crippen LogP contribution < -0.4 is 0 Å². The van der Waals surface area contributed by atoms with Gasteiger partial charge >= 0.3 is 5.97 Å². The van der Waals surface area contributed by atoms with Crippen LogP contribution in [0.2, 0.25) is 0 Å². The van der Waals surface area contributed by atoms with E-state index in [-0.39, 0.29) is 23.7 Å². The van der Waals surface area contributed by atoms with Crippen LogP contribution in [0.15, 0.2) is 78.9 Å². The van der Waals surface area contributed by atoms with Crippen molar-refractivity contribution in [2.75, 3.05) is 13.7 Å². The summed E-state index contributed by atoms with van der Waals surface area (Å²) in [5.41, 5.74) is 5.03. The largest absolute Gasteiger partial charge is 0.465 e. The van der Waals surface area contributed by atoms with Gasteiger partial charge in [0, 0.05) is 13.0 Å². The van der Waals surface area contributed by atoms with Gasteiger partial charge in [0.05, 0.1) is 24.8 Å². The van der Waals surface area contributed by atoms with Crippen LogP contribution in [-0.4, -0.2) is 41.6 Å². The Morgan fingerprint density at radius 3 is 2.68 bits per heavy atom. The number of aliphatic hydroxyl groups is 1. The van der Waals surface area contributed by atoms with Crippen LogP contribution in [0.4, 0.5) is 4.39 Å². The van der Waals surface area contributed by atoms with Crippen LogP contribution in [0.5, 0.6) is 0 Å². The van der Waals surface area contributed by atoms with Gasteiger partial charge in [-0.15, -0.1) is 0 Å². The van der Waals surface area contributed by atoms with Gasteiger partial charge in [0.25, 0.3) is 0 Å². The summed E-state index contributed by atoms with van der Waals surface area (Å²) < 4.78 is 18.2. The first kappa shape index (κ1) is 26.3. The zero-order chi connectivity index (χ0) is 26.4. The zero-order valence-corrected chi connectivity index (χ0v) is 21.2. The first-order valence-corrected chi connectivity index (χ1v) is 12.6. The third-order valence-electron chi connectivity index (χ3n) is 6.86. The molecule has 3 aromatic rings. The van der Waals surface area contributed by atoms with Gasteiger partial charge in [-0.2, -0.15) is 0 Å². The summed E-state index contributed by atoms with van der Waals surface area (Å²) in [5.74, 6) is -0.505. The minimum absolute atomic E-state index is 0.0497. The highest BCUT2D eigenvalue weighted by molar-refractivity contribution is 5.89. The third kappa shape index (κ3) is 6.52. The summed E-state index contributed by atoms with van der Waals surface area (Å²) in [4.78, 5) is 26.0. The van der Waals surface area contributed by atoms with E-state index >= 15 is 0 Å². The first-order valence-electron chi connectivity index (χ1n) is 12.6. The molecule has 0 saturated carbocycles. The Labute approximate surface area is 217 Å². The summed E-state index contributed by atoms with van der Waals surface area (Å²) in [5, 5.41) is 10.8. The van der Waals surface area contributed by atoms with E-state index in [4.69, 9.17) is 4.74 Å². The Bertz CT molecular complexity index is 1280. The Kier molecular flexibility index (Phi) is 8.51. The van der Waals surface area contributed by atoms with E-state index in [0.29, 0.717) is 18.5 Å². The van der Waals surface area contributed by atoms with Crippen molar-refractivity contribution in [1.82, 2.24) is 4.90 Å². The maximum Gasteiger partial charge on any atom is 0.337 e. The lowest BCUT2D eigenvalue weighted by molar-refractivity contribution is -0.128. The lowest BCUT2D eigenvalue weighted by atomic mass is 9.97. The molecule has 6 heteroatoms. The summed E-state index contributed by atoms with van der Waals surface area (Å²) >= 11 is 0. The highest BCUT2D eigenvalue weighted by Gasteiger charge is 2.28. The van der Waals surface area contributed by atoms with Gasteiger partial charge in [0.1, 0.15) is 5.82 Å². The van der Waals surface area contributed by atoms with Crippen molar-refractivity contribution in [2.45, 2.75) is 44.8 Å². The van der Waals surface area contributed by atoms with Crippen LogP contribution in [0.25, 0.3) is 11.1 Å². The Hall–Kier alpha value is -3.77. The molecule has 1 aliphatic rings. The molecule has 1 heterocycles. The number of ether oxygens (including phenoxy) is 1. The molecule has 192 valence electrons. The second-order valence-electron chi connectivity index (χ2n) is 9.40. The van der Waals surface area contributed by atoms with E-state index in [9.17, 15) is 19.1 Å². The van der Waals surface area contributed by atoms with Crippen LogP contribution in [0.3, 0.4) is 0 Å². The Balaban J connectivity index is 1.36. The molecule has 2 atom stereocenters. The number of aryl methyl sites for hydroxylation is 2. The van der Waals surface area contributed by atoms with Gasteiger partial charge in [0.15, 0.2) is 0 Å². The molecule has 0 aliphatic carbocycles. The standard InChI is InChI=1S/C31H32FNO4/c1-21-19-26(32)12-15-28(21)24-6-3-7-25(20-24)29(34)16-13-27-14-17-30(35)33(27)18-4-5-22-8-10-23(11-9-22)31(36)37-2/h3,6-13,15-16,19-20,27,29,34H,4-5,14,17-18H2,1-2H3/b16-13+/t27-,29?/m0/s1. The number of carbonyl (C=O) groups is 2. The fourth-order valence-electron chi connectivity index (χ4n) is 4.81. The minimum Gasteiger partial charge on any atom is -0.465 e. The molecule has 1 saturated heterocycles. The van der Waals surface area contributed by atoms with Gasteiger partial charge in [-0.1, -0.05) is 48.6 Å². The molecule has 5 nitrogen and oxygen atoms in total. The molecule has 4 rings (SSSR count). The van der Waals surface area contributed by atoms with E-state index in [0.717, 1.165) is 47.1 Å². The predicted octanol–water partition coefficient (Wildman–Crippen LogP) is 5.80. The molecule has 1 aliphatic heterocycles. The molecular formula is C31H32FNO4. The van der Waals surface area contributed by atoms with Crippen molar-refractivity contribution >= 4 is 11.9 Å². The number of amides is 1. The first-order chi connectivity index (χ1) is 17.9. The van der Waals surface area contributed by atoms with Crippen LogP contribution in [0, 0.1) is 12.7 Å². The third-order valence-corrected chi connectivity index (χ3v) is 6.86. The van der Waals surface area contributed by atoms with E-state index in [1.165, 1.54) is 19.2 Å². The van der Waals surface area contributed by atoms with E-state index in [2.05, 4.69) is 0 Å². The summed E-state index contributed by atoms with van der Waals surface area (Å²) in [6.07, 6.45) is 5.68. The van der Waals surface area contributed by atoms with Crippen molar-refractivity contribution < 1.29 is 23.8 Å². The summed E-state index contributed by atoms with van der Waals surface area (Å²) in [6.45, 7) is 2.49. The number of hydrogen-bond donors (Lipinski definition) is 1. The minimum atomic E-state index is -0.813. The number of rotatable bonds is 9. The van der Waals surface area contributed by atoms with E-state index < -0.39 is 6.10 Å². The lowest BCUT2D eigenvalue weighted by Crippen LogP contribution is -2.33. The number of benzene rings is 3. The molecule has 0 spiro atoms. The molecule has 1 N–H and O–H groups in total. The van der Waals surface area contributed by atoms with E-state index in [1.54, 1.807) is 24.3 Å². The number of likely N-dealkylation sites (tertiary alicyclic amines) is 1. The number of methoxy groups -OCH3 is 1. The molecule has 0 bridgehead atoms. The van der Waals surface area contributed by atoms with Crippen LogP contribution >= 0.6 is 0 Å². The molecule has 0 radical (unpaired) electrons. The molecule has 3 aromatic carbocycles. The van der Waals surface area contributed by atoms with Crippen molar-refractivity contribution in [2.24, 2.45) is 0 Å². The molecule has 37 heavy (non-hydrogen) atoms. The van der Waals surface area contributed by atoms with Crippen molar-refractivity contribution in [3.05, 3.63) is 107 Å². The fourth-order valence-corrected chi connectivity index (χ4v) is 4.81. The smallest absolute Gasteiger partial charge is 0.337 e. The Morgan fingerprint density at radius 1 is 1.16 bits per heavy atom. The molecule has 1 amide bonds. The molecular weight excluding hydrogens is 469 g/mol. The quantitative estimate of drug-likeness (QED) is 0.297. The topological polar surface area (TPSA) is 66.8 Å². The maximum absolute atomic E-state index is 13.5. The molecule has 1 fully saturated rings. The Morgan fingerprint density at radius 2 is 1.95 bits per heavy atom. The number of esters is 1. The average Bonchev–Trinajstić information content (AvgIpc) is 3.26. The SMILES string of the molecule is COC(=O)c1ccc(CCCN2C(=O)CC[C@@H]2/C=C/C(O)c2cccc(-c3ccc(F)cc3C)c2)cc1. The zero-order valence-electron chi connectivity index (χ0n) is 21.2. The number of halogens is 1. The average molecular weight is 502 g/mol. The highest BCUT2D eigenvalue weighted by atomic mass is 19.1. The monoisotopic (exact) mass is 501 g/mol. The van der Waals surface area contributed by atoms with Gasteiger partial charge in [0.2, 0.25) is 5.91 Å². The summed E-state index contributed by atoms with van der Waals surface area (Å²) in [7, 11) is 1.36. The normalized spacial score (nSPS) is 16.4. The van der Waals surface area contributed by atoms with E-state index in [1.807, 2.05) is 54.3 Å². The van der Waals surface area contributed by atoms with Gasteiger partial charge in [-0.3, -0.25) is 4.79 Å². The molecule has 0 aromatic heterocycles. The van der Waals surface area contributed by atoms with Gasteiger partial charge in [-0.05, 0) is 84.3 Å². The fraction of sp³-hybridized carbons (Fsp3) is 0.290. The van der Waals surface area contributed by atoms with Crippen LogP contribution in [-0.2, 0) is 16.0 Å². The van der Waals surface area contributed by atoms with Crippen molar-refractivity contribution in [1.29, 1.82) is 0 Å². The number of nitrogens with zero attached hydrogens (tertiary/aromatic N) is 1. The predicted molar refractivity (Wildman–Crippen MR) is 142 cm³/mol. The van der Waals surface area contributed by atoms with Crippen molar-refractivity contribution in [3.8, 4) is 11.1 Å². The van der Waals surface area contributed by atoms with Crippen LogP contribution in [0.1, 0.15) is 52.4 Å². The van der Waals surface area contributed by atoms with Gasteiger partial charge in [-0.25, -0.2) is 9.18 Å². The molecule has 1 unspecified atom stereocenters. The number of aliphatic hydroxyl groups excluding tert-OH is 1. The lowest BCUT2D eigenvalue weighted by Gasteiger charge is -2.23. The summed E-state index contributed by atoms with van der Waals surface area (Å²) in [6, 6.07) is 19.6. The maximum atomic E-state index is 13.5. The number of carbonyl (C=O) groups excluding carboxylic acids is 2. The van der Waals surface area contributed by atoms with Crippen molar-refractivity contribution in [3.63, 3.8) is 0 Å². The second-order valence-corrected chi connectivity index (χ2v) is 9.40. The highest BCUT2D eigenvalue weighted by Crippen LogP contribution is 2.28. The van der Waals surface area contributed by atoms with Gasteiger partial charge < -0.3 is 14.7 Å². The second kappa shape index (κ2) is 12.0.